The monoisotopic (exact) mass is 567 g/mol. The molecule has 1 aliphatic rings. The van der Waals surface area contributed by atoms with Crippen LogP contribution in [0.2, 0.25) is 0 Å². The predicted molar refractivity (Wildman–Crippen MR) is 147 cm³/mol. The van der Waals surface area contributed by atoms with Gasteiger partial charge in [-0.3, -0.25) is 14.2 Å². The van der Waals surface area contributed by atoms with Crippen molar-refractivity contribution in [3.05, 3.63) is 12.7 Å². The van der Waals surface area contributed by atoms with Gasteiger partial charge in [0.15, 0.2) is 11.5 Å². The molecule has 3 rings (SSSR count). The largest absolute Gasteiger partial charge is 0.462 e. The Kier molecular flexibility index (Phi) is 10.4. The molecule has 1 unspecified atom stereocenters. The van der Waals surface area contributed by atoms with Crippen LogP contribution in [0.3, 0.4) is 0 Å². The van der Waals surface area contributed by atoms with E-state index >= 15 is 0 Å². The molecule has 2 heterocycles. The third-order valence-electron chi connectivity index (χ3n) is 6.33. The molecule has 0 amide bonds. The van der Waals surface area contributed by atoms with E-state index in [0.717, 1.165) is 32.1 Å². The summed E-state index contributed by atoms with van der Waals surface area (Å²) in [5.74, 6) is -0.802. The molecule has 0 aliphatic heterocycles. The molecule has 1 aliphatic carbocycles. The number of ether oxygens (including phenoxy) is 3. The van der Waals surface area contributed by atoms with Crippen molar-refractivity contribution in [2.75, 3.05) is 12.1 Å². The Balaban J connectivity index is 1.71. The Morgan fingerprint density at radius 2 is 1.85 bits per heavy atom. The van der Waals surface area contributed by atoms with Gasteiger partial charge in [-0.25, -0.2) is 25.1 Å². The molecule has 218 valence electrons. The molecule has 1 saturated carbocycles. The summed E-state index contributed by atoms with van der Waals surface area (Å²) in [5.41, 5.74) is 5.57. The minimum atomic E-state index is -3.70. The summed E-state index contributed by atoms with van der Waals surface area (Å²) in [7, 11) is -3.70. The van der Waals surface area contributed by atoms with Crippen molar-refractivity contribution in [1.29, 1.82) is 0 Å². The number of nitrogen functional groups attached to an aromatic ring is 1. The maximum atomic E-state index is 14.2. The second-order valence-corrected chi connectivity index (χ2v) is 13.1. The van der Waals surface area contributed by atoms with Crippen molar-refractivity contribution >= 4 is 36.4 Å². The number of fused-ring (bicyclic) bond motifs is 1. The number of esters is 2. The number of nitrogens with two attached hydrogens (primary N) is 1. The van der Waals surface area contributed by atoms with Crippen molar-refractivity contribution in [3.63, 3.8) is 0 Å². The van der Waals surface area contributed by atoms with Crippen molar-refractivity contribution in [1.82, 2.24) is 29.7 Å². The molecule has 2 aromatic rings. The van der Waals surface area contributed by atoms with Crippen LogP contribution in [0.4, 0.5) is 5.82 Å². The van der Waals surface area contributed by atoms with Gasteiger partial charge in [0.2, 0.25) is 7.44 Å². The number of anilines is 1. The number of nitrogens with one attached hydrogen (secondary N) is 2. The van der Waals surface area contributed by atoms with E-state index in [4.69, 9.17) is 19.9 Å². The first-order valence-electron chi connectivity index (χ1n) is 13.4. The van der Waals surface area contributed by atoms with Crippen LogP contribution >= 0.6 is 7.44 Å². The minimum Gasteiger partial charge on any atom is -0.462 e. The Labute approximate surface area is 229 Å². The van der Waals surface area contributed by atoms with Gasteiger partial charge in [0.05, 0.1) is 25.1 Å². The smallest absolute Gasteiger partial charge is 0.326 e. The summed E-state index contributed by atoms with van der Waals surface area (Å²) in [5, 5.41) is 5.78. The van der Waals surface area contributed by atoms with E-state index in [-0.39, 0.29) is 24.4 Å². The summed E-state index contributed by atoms with van der Waals surface area (Å²) < 4.78 is 32.9. The molecular weight excluding hydrogens is 525 g/mol. The summed E-state index contributed by atoms with van der Waals surface area (Å²) in [6, 6.07) is -0.904. The zero-order valence-corrected chi connectivity index (χ0v) is 24.6. The van der Waals surface area contributed by atoms with Crippen molar-refractivity contribution in [3.8, 4) is 0 Å². The zero-order chi connectivity index (χ0) is 28.8. The van der Waals surface area contributed by atoms with Gasteiger partial charge in [0.1, 0.15) is 35.9 Å². The van der Waals surface area contributed by atoms with E-state index in [1.165, 1.54) is 6.33 Å². The first kappa shape index (κ1) is 30.9. The Morgan fingerprint density at radius 1 is 1.15 bits per heavy atom. The minimum absolute atomic E-state index is 0.139. The highest BCUT2D eigenvalue weighted by Gasteiger charge is 2.40. The van der Waals surface area contributed by atoms with Crippen molar-refractivity contribution < 1.29 is 28.4 Å². The van der Waals surface area contributed by atoms with Gasteiger partial charge in [-0.1, -0.05) is 6.42 Å². The van der Waals surface area contributed by atoms with Gasteiger partial charge in [0, 0.05) is 0 Å². The van der Waals surface area contributed by atoms with Crippen molar-refractivity contribution in [2.45, 2.75) is 110 Å². The van der Waals surface area contributed by atoms with Crippen LogP contribution in [0.25, 0.3) is 11.2 Å². The van der Waals surface area contributed by atoms with Crippen LogP contribution < -0.4 is 15.9 Å². The highest BCUT2D eigenvalue weighted by molar-refractivity contribution is 7.59. The van der Waals surface area contributed by atoms with Crippen LogP contribution in [0.5, 0.6) is 0 Å². The molecule has 3 atom stereocenters. The SMILES string of the molecule is CC(C)OC(=O)C(C)(C)NP(=O)(CO[C@@H](C)Cn1cnc2c(N)ncnc21)N[C@H](C)C(=O)OC1CCCCC1. The van der Waals surface area contributed by atoms with Gasteiger partial charge in [-0.05, 0) is 67.2 Å². The number of imidazole rings is 1. The van der Waals surface area contributed by atoms with E-state index in [9.17, 15) is 14.2 Å². The highest BCUT2D eigenvalue weighted by Crippen LogP contribution is 2.40. The van der Waals surface area contributed by atoms with E-state index in [0.29, 0.717) is 17.7 Å². The van der Waals surface area contributed by atoms with Crippen LogP contribution in [-0.4, -0.2) is 67.7 Å². The second kappa shape index (κ2) is 13.2. The number of hydrogen-bond acceptors (Lipinski definition) is 10. The first-order valence-corrected chi connectivity index (χ1v) is 15.3. The molecule has 0 spiro atoms. The van der Waals surface area contributed by atoms with E-state index < -0.39 is 37.1 Å². The lowest BCUT2D eigenvalue weighted by Gasteiger charge is -2.33. The molecule has 2 aromatic heterocycles. The van der Waals surface area contributed by atoms with E-state index in [1.807, 2.05) is 0 Å². The summed E-state index contributed by atoms with van der Waals surface area (Å²) in [6.45, 7) is 10.3. The van der Waals surface area contributed by atoms with Gasteiger partial charge < -0.3 is 24.5 Å². The van der Waals surface area contributed by atoms with Gasteiger partial charge >= 0.3 is 11.9 Å². The molecule has 0 radical (unpaired) electrons. The van der Waals surface area contributed by atoms with Gasteiger partial charge in [0.25, 0.3) is 0 Å². The first-order chi connectivity index (χ1) is 18.3. The molecule has 0 saturated heterocycles. The summed E-state index contributed by atoms with van der Waals surface area (Å²) in [6.07, 6.45) is 6.51. The van der Waals surface area contributed by atoms with Crippen LogP contribution in [0, 0.1) is 0 Å². The lowest BCUT2D eigenvalue weighted by molar-refractivity contribution is -0.153. The van der Waals surface area contributed by atoms with Gasteiger partial charge in [-0.2, -0.15) is 0 Å². The lowest BCUT2D eigenvalue weighted by Crippen LogP contribution is -2.51. The molecule has 0 aromatic carbocycles. The second-order valence-electron chi connectivity index (χ2n) is 10.9. The van der Waals surface area contributed by atoms with Gasteiger partial charge in [-0.15, -0.1) is 0 Å². The number of carbonyl (C=O) groups is 2. The quantitative estimate of drug-likeness (QED) is 0.239. The third kappa shape index (κ3) is 8.69. The maximum absolute atomic E-state index is 14.2. The van der Waals surface area contributed by atoms with Crippen LogP contribution in [0.1, 0.15) is 73.6 Å². The fourth-order valence-electron chi connectivity index (χ4n) is 4.37. The van der Waals surface area contributed by atoms with Crippen LogP contribution in [-0.2, 0) is 34.9 Å². The third-order valence-corrected chi connectivity index (χ3v) is 8.57. The van der Waals surface area contributed by atoms with E-state index in [2.05, 4.69) is 25.1 Å². The molecular formula is C25H42N7O6P. The average molecular weight is 568 g/mol. The topological polar surface area (TPSA) is 173 Å². The summed E-state index contributed by atoms with van der Waals surface area (Å²) in [4.78, 5) is 38.0. The lowest BCUT2D eigenvalue weighted by atomic mass is 9.98. The summed E-state index contributed by atoms with van der Waals surface area (Å²) >= 11 is 0. The molecule has 4 N–H and O–H groups in total. The zero-order valence-electron chi connectivity index (χ0n) is 23.7. The maximum Gasteiger partial charge on any atom is 0.326 e. The Morgan fingerprint density at radius 3 is 2.51 bits per heavy atom. The number of carbonyl (C=O) groups excluding carboxylic acids is 2. The van der Waals surface area contributed by atoms with Crippen molar-refractivity contribution in [2.24, 2.45) is 0 Å². The number of hydrogen-bond donors (Lipinski definition) is 3. The Hall–Kier alpha value is -2.60. The standard InChI is InChI=1S/C25H42N7O6P/c1-16(2)37-24(34)25(5,6)31-39(35,30-18(4)23(33)38-19-10-8-7-9-11-19)15-36-17(3)12-32-14-29-20-21(26)27-13-28-22(20)32/h13-14,16-19H,7-12,15H2,1-6H3,(H2,26,27,28)(H2,30,31,35)/t17-,18+,39?/m0/s1. The molecule has 13 nitrogen and oxygen atoms in total. The van der Waals surface area contributed by atoms with Crippen LogP contribution in [0.15, 0.2) is 12.7 Å². The molecule has 14 heteroatoms. The number of rotatable bonds is 13. The highest BCUT2D eigenvalue weighted by atomic mass is 31.2. The molecule has 0 bridgehead atoms. The Bertz CT molecular complexity index is 1180. The number of aromatic nitrogens is 4. The number of nitrogens with zero attached hydrogens (tertiary/aromatic N) is 4. The fraction of sp³-hybridized carbons (Fsp3) is 0.720. The normalized spacial score (nSPS) is 18.0. The van der Waals surface area contributed by atoms with E-state index in [1.54, 1.807) is 52.4 Å². The average Bonchev–Trinajstić information content (AvgIpc) is 3.26. The molecule has 1 fully saturated rings. The molecule has 39 heavy (non-hydrogen) atoms. The fourth-order valence-corrected chi connectivity index (χ4v) is 6.76. The predicted octanol–water partition coefficient (Wildman–Crippen LogP) is 3.14.